The van der Waals surface area contributed by atoms with Crippen LogP contribution >= 0.6 is 0 Å². The number of rotatable bonds is 8. The number of fused-ring (bicyclic) bond motifs is 5. The summed E-state index contributed by atoms with van der Waals surface area (Å²) in [5, 5.41) is 25.7. The summed E-state index contributed by atoms with van der Waals surface area (Å²) < 4.78 is 59.7. The van der Waals surface area contributed by atoms with Gasteiger partial charge in [-0.25, -0.2) is 14.4 Å². The maximum atomic E-state index is 14.6. The zero-order valence-electron chi connectivity index (χ0n) is 35.2. The number of furan rings is 1. The number of esters is 8. The Bertz CT molecular complexity index is 2170. The molecule has 0 aromatic carbocycles. The number of aromatic nitrogens is 1. The van der Waals surface area contributed by atoms with E-state index in [4.69, 9.17) is 47.0 Å². The molecule has 2 saturated carbocycles. The third-order valence-corrected chi connectivity index (χ3v) is 12.3. The van der Waals surface area contributed by atoms with Crippen LogP contribution in [0, 0.1) is 11.3 Å². The predicted molar refractivity (Wildman–Crippen MR) is 199 cm³/mol. The molecular weight excluding hydrogens is 826 g/mol. The smallest absolute Gasteiger partial charge is 0.341 e. The molecule has 2 unspecified atom stereocenters. The SMILES string of the molecule is CC(=O)OC[C@]12[C@H](OC(C)=O)[C@H](OC(C)=O)[C@@H]3[C@@H](OC(C)=O)[C@@]14O[C@@]3(C)COC(=O)c1cnccc1C(C)C(C)(O)C(=O)O[C@@H]([C@H](OC(=O)c1ccoc1)[C@@H]2OC(C)=O)[C@]4(C)O. The molecule has 1 saturated heterocycles. The normalized spacial score (nSPS) is 37.3. The van der Waals surface area contributed by atoms with Gasteiger partial charge >= 0.3 is 47.8 Å². The van der Waals surface area contributed by atoms with Gasteiger partial charge in [0.1, 0.15) is 48.3 Å². The molecule has 2 N–H and O–H groups in total. The zero-order chi connectivity index (χ0) is 45.9. The molecule has 2 aromatic rings. The second-order valence-corrected chi connectivity index (χ2v) is 16.4. The Morgan fingerprint density at radius 2 is 1.40 bits per heavy atom. The van der Waals surface area contributed by atoms with Crippen molar-refractivity contribution in [1.82, 2.24) is 4.98 Å². The van der Waals surface area contributed by atoms with Crippen molar-refractivity contribution in [2.45, 2.75) is 127 Å². The van der Waals surface area contributed by atoms with Crippen LogP contribution in [0.3, 0.4) is 0 Å². The van der Waals surface area contributed by atoms with Crippen molar-refractivity contribution in [1.29, 1.82) is 0 Å². The van der Waals surface area contributed by atoms with E-state index >= 15 is 0 Å². The van der Waals surface area contributed by atoms with E-state index in [0.29, 0.717) is 0 Å². The second-order valence-electron chi connectivity index (χ2n) is 16.4. The van der Waals surface area contributed by atoms with Crippen molar-refractivity contribution < 1.29 is 95.6 Å². The lowest BCUT2D eigenvalue weighted by molar-refractivity contribution is -0.386. The molecule has 6 rings (SSSR count). The second kappa shape index (κ2) is 16.1. The van der Waals surface area contributed by atoms with Crippen molar-refractivity contribution in [3.05, 3.63) is 53.7 Å². The number of hydrogen-bond acceptors (Lipinski definition) is 21. The maximum absolute atomic E-state index is 14.6. The average molecular weight is 874 g/mol. The molecule has 1 spiro atoms. The molecule has 21 nitrogen and oxygen atoms in total. The standard InChI is InChI=1S/C41H47NO20/c1-18-25-10-12-42-14-26(25)35(49)55-16-37(7)27-28(56-20(3)44)32(58-22(5)46)40(17-54-19(2)43)33(59-23(6)47)29(60-34(48)24-11-13-53-15-24)31(61-36(50)38(18,8)51)39(9,52)41(40,62-37)30(27)57-21(4)45/h10-15,18,27-33,51-52H,16-17H2,1-9H3/t18?,27-,28-,29+,30-,31+,32-,33+,37+,38?,39+,40-,41+/m1/s1. The molecule has 4 bridgehead atoms. The van der Waals surface area contributed by atoms with E-state index in [2.05, 4.69) is 4.98 Å². The van der Waals surface area contributed by atoms with Crippen molar-refractivity contribution >= 4 is 47.8 Å². The Kier molecular flexibility index (Phi) is 11.8. The van der Waals surface area contributed by atoms with Gasteiger partial charge in [0.2, 0.25) is 0 Å². The summed E-state index contributed by atoms with van der Waals surface area (Å²) in [7, 11) is 0. The van der Waals surface area contributed by atoms with Gasteiger partial charge in [-0.3, -0.25) is 29.0 Å². The lowest BCUT2D eigenvalue weighted by Gasteiger charge is -2.67. The first-order chi connectivity index (χ1) is 28.9. The van der Waals surface area contributed by atoms with Crippen LogP contribution in [-0.2, 0) is 71.4 Å². The van der Waals surface area contributed by atoms with Crippen molar-refractivity contribution in [3.8, 4) is 0 Å². The first-order valence-electron chi connectivity index (χ1n) is 19.4. The highest BCUT2D eigenvalue weighted by Crippen LogP contribution is 2.70. The topological polar surface area (TPSA) is 286 Å². The van der Waals surface area contributed by atoms with Crippen LogP contribution in [0.15, 0.2) is 41.5 Å². The van der Waals surface area contributed by atoms with Crippen LogP contribution in [0.1, 0.15) is 94.5 Å². The van der Waals surface area contributed by atoms with Gasteiger partial charge in [0.15, 0.2) is 35.6 Å². The fourth-order valence-electron chi connectivity index (χ4n) is 9.67. The van der Waals surface area contributed by atoms with Crippen LogP contribution in [0.5, 0.6) is 0 Å². The highest BCUT2D eigenvalue weighted by Gasteiger charge is 2.92. The third-order valence-electron chi connectivity index (χ3n) is 12.3. The van der Waals surface area contributed by atoms with Crippen LogP contribution < -0.4 is 0 Å². The number of hydrogen-bond donors (Lipinski definition) is 2. The lowest BCUT2D eigenvalue weighted by atomic mass is 9.45. The van der Waals surface area contributed by atoms with E-state index in [9.17, 15) is 48.6 Å². The van der Waals surface area contributed by atoms with Crippen molar-refractivity contribution in [2.24, 2.45) is 11.3 Å². The largest absolute Gasteiger partial charge is 0.472 e. The highest BCUT2D eigenvalue weighted by atomic mass is 16.7. The van der Waals surface area contributed by atoms with E-state index in [-0.39, 0.29) is 16.7 Å². The number of cyclic esters (lactones) is 1. The summed E-state index contributed by atoms with van der Waals surface area (Å²) in [4.78, 5) is 113. The fraction of sp³-hybridized carbons (Fsp3) is 0.585. The predicted octanol–water partition coefficient (Wildman–Crippen LogP) is 1.04. The number of ether oxygens (including phenoxy) is 9. The fourth-order valence-corrected chi connectivity index (χ4v) is 9.67. The first kappa shape index (κ1) is 45.6. The third kappa shape index (κ3) is 7.14. The summed E-state index contributed by atoms with van der Waals surface area (Å²) in [5.41, 5.74) is -13.8. The quantitative estimate of drug-likeness (QED) is 0.277. The molecule has 336 valence electrons. The molecule has 2 aliphatic carbocycles. The molecule has 13 atom stereocenters. The molecular formula is C41H47NO20. The van der Waals surface area contributed by atoms with Crippen LogP contribution in [0.25, 0.3) is 0 Å². The molecule has 4 aliphatic rings. The van der Waals surface area contributed by atoms with Gasteiger partial charge in [0.25, 0.3) is 0 Å². The van der Waals surface area contributed by atoms with Crippen molar-refractivity contribution in [3.63, 3.8) is 0 Å². The molecule has 4 heterocycles. The number of carbonyl (C=O) groups excluding carboxylic acids is 8. The van der Waals surface area contributed by atoms with Gasteiger partial charge in [-0.05, 0) is 38.5 Å². The van der Waals surface area contributed by atoms with Gasteiger partial charge in [0, 0.05) is 52.9 Å². The summed E-state index contributed by atoms with van der Waals surface area (Å²) in [6.45, 7) is 7.57. The van der Waals surface area contributed by atoms with E-state index in [1.807, 2.05) is 0 Å². The van der Waals surface area contributed by atoms with Gasteiger partial charge in [-0.2, -0.15) is 0 Å². The summed E-state index contributed by atoms with van der Waals surface area (Å²) in [5.74, 6) is -12.1. The van der Waals surface area contributed by atoms with E-state index < -0.39 is 137 Å². The Morgan fingerprint density at radius 1 is 0.806 bits per heavy atom. The molecule has 3 fully saturated rings. The Morgan fingerprint density at radius 3 is 1.97 bits per heavy atom. The van der Waals surface area contributed by atoms with E-state index in [1.165, 1.54) is 32.2 Å². The van der Waals surface area contributed by atoms with Gasteiger partial charge in [-0.15, -0.1) is 0 Å². The highest BCUT2D eigenvalue weighted by molar-refractivity contribution is 5.92. The molecule has 62 heavy (non-hydrogen) atoms. The zero-order valence-corrected chi connectivity index (χ0v) is 35.2. The van der Waals surface area contributed by atoms with Crippen LogP contribution in [0.4, 0.5) is 0 Å². The van der Waals surface area contributed by atoms with E-state index in [0.717, 1.165) is 67.2 Å². The van der Waals surface area contributed by atoms with Gasteiger partial charge in [0.05, 0.1) is 23.3 Å². The van der Waals surface area contributed by atoms with E-state index in [1.54, 1.807) is 0 Å². The molecule has 21 heteroatoms. The summed E-state index contributed by atoms with van der Waals surface area (Å²) in [6, 6.07) is 2.53. The van der Waals surface area contributed by atoms with Crippen LogP contribution in [0.2, 0.25) is 0 Å². The summed E-state index contributed by atoms with van der Waals surface area (Å²) >= 11 is 0. The maximum Gasteiger partial charge on any atom is 0.341 e. The number of aliphatic hydroxyl groups is 2. The minimum atomic E-state index is -3.01. The molecule has 0 radical (unpaired) electrons. The number of pyridine rings is 1. The monoisotopic (exact) mass is 873 g/mol. The Labute approximate surface area is 353 Å². The molecule has 2 aliphatic heterocycles. The number of carbonyl (C=O) groups is 8. The minimum Gasteiger partial charge on any atom is -0.472 e. The Hall–Kier alpha value is -5.93. The summed E-state index contributed by atoms with van der Waals surface area (Å²) in [6.07, 6.45) is -8.39. The lowest BCUT2D eigenvalue weighted by Crippen LogP contribution is -2.89. The Balaban J connectivity index is 1.81. The molecule has 2 aromatic heterocycles. The minimum absolute atomic E-state index is 0.0405. The first-order valence-corrected chi connectivity index (χ1v) is 19.4. The average Bonchev–Trinajstić information content (AvgIpc) is 3.79. The number of nitrogens with zero attached hydrogens (tertiary/aromatic N) is 1. The molecule has 0 amide bonds. The van der Waals surface area contributed by atoms with Crippen LogP contribution in [-0.4, -0.2) is 135 Å². The van der Waals surface area contributed by atoms with Crippen molar-refractivity contribution in [2.75, 3.05) is 13.2 Å². The van der Waals surface area contributed by atoms with Gasteiger partial charge in [-0.1, -0.05) is 6.92 Å². The van der Waals surface area contributed by atoms with Gasteiger partial charge < -0.3 is 57.3 Å².